The Balaban J connectivity index is 1.51. The van der Waals surface area contributed by atoms with E-state index in [2.05, 4.69) is 22.2 Å². The Hall–Kier alpha value is -2.25. The second kappa shape index (κ2) is 9.05. The molecule has 2 aromatic carbocycles. The first-order valence-electron chi connectivity index (χ1n) is 9.66. The number of nitrogens with zero attached hydrogens (tertiary/aromatic N) is 3. The van der Waals surface area contributed by atoms with Crippen LogP contribution in [0.25, 0.3) is 5.69 Å². The summed E-state index contributed by atoms with van der Waals surface area (Å²) in [7, 11) is 2.10. The monoisotopic (exact) mass is 414 g/mol. The molecule has 5 nitrogen and oxygen atoms in total. The molecular formula is C22H24ClFN4O. The highest BCUT2D eigenvalue weighted by molar-refractivity contribution is 6.30. The predicted molar refractivity (Wildman–Crippen MR) is 112 cm³/mol. The molecule has 4 rings (SSSR count). The Labute approximate surface area is 175 Å². The van der Waals surface area contributed by atoms with Crippen LogP contribution < -0.4 is 5.32 Å². The smallest absolute Gasteiger partial charge is 0.147 e. The first-order valence-corrected chi connectivity index (χ1v) is 10.0. The molecule has 1 fully saturated rings. The third kappa shape index (κ3) is 4.85. The highest BCUT2D eigenvalue weighted by Crippen LogP contribution is 2.25. The molecule has 0 aliphatic carbocycles. The van der Waals surface area contributed by atoms with Crippen LogP contribution in [0.5, 0.6) is 0 Å². The molecule has 3 aromatic rings. The summed E-state index contributed by atoms with van der Waals surface area (Å²) in [4.78, 5) is 6.24. The van der Waals surface area contributed by atoms with Gasteiger partial charge in [-0.25, -0.2) is 9.37 Å². The van der Waals surface area contributed by atoms with Gasteiger partial charge in [-0.05, 0) is 42.4 Å². The second-order valence-corrected chi connectivity index (χ2v) is 7.77. The van der Waals surface area contributed by atoms with Crippen LogP contribution in [0.1, 0.15) is 17.2 Å². The van der Waals surface area contributed by atoms with E-state index in [4.69, 9.17) is 16.3 Å². The van der Waals surface area contributed by atoms with Crippen LogP contribution in [-0.2, 0) is 11.3 Å². The number of aromatic nitrogens is 2. The molecule has 0 spiro atoms. The molecule has 0 amide bonds. The lowest BCUT2D eigenvalue weighted by Gasteiger charge is -2.36. The Kier molecular flexibility index (Phi) is 6.25. The van der Waals surface area contributed by atoms with Crippen LogP contribution in [0.2, 0.25) is 5.02 Å². The van der Waals surface area contributed by atoms with Gasteiger partial charge in [0.15, 0.2) is 0 Å². The van der Waals surface area contributed by atoms with Gasteiger partial charge in [0.1, 0.15) is 5.82 Å². The van der Waals surface area contributed by atoms with Gasteiger partial charge >= 0.3 is 0 Å². The van der Waals surface area contributed by atoms with Crippen molar-refractivity contribution in [1.29, 1.82) is 0 Å². The lowest BCUT2D eigenvalue weighted by molar-refractivity contribution is -0.0396. The molecule has 1 aromatic heterocycles. The first-order chi connectivity index (χ1) is 14.1. The Morgan fingerprint density at radius 1 is 1.28 bits per heavy atom. The van der Waals surface area contributed by atoms with Crippen molar-refractivity contribution in [1.82, 2.24) is 19.8 Å². The van der Waals surface area contributed by atoms with Gasteiger partial charge in [-0.15, -0.1) is 0 Å². The molecule has 0 radical (unpaired) electrons. The molecule has 1 aliphatic rings. The Bertz CT molecular complexity index is 932. The van der Waals surface area contributed by atoms with Crippen molar-refractivity contribution in [3.8, 4) is 5.69 Å². The van der Waals surface area contributed by atoms with Crippen LogP contribution in [-0.4, -0.2) is 47.3 Å². The third-order valence-electron chi connectivity index (χ3n) is 5.22. The van der Waals surface area contributed by atoms with E-state index in [1.807, 2.05) is 30.3 Å². The molecule has 1 aliphatic heterocycles. The summed E-state index contributed by atoms with van der Waals surface area (Å²) in [5.41, 5.74) is 2.46. The second-order valence-electron chi connectivity index (χ2n) is 7.34. The van der Waals surface area contributed by atoms with E-state index in [1.54, 1.807) is 35.4 Å². The number of hydrogen-bond acceptors (Lipinski definition) is 4. The van der Waals surface area contributed by atoms with Crippen molar-refractivity contribution in [2.75, 3.05) is 26.7 Å². The van der Waals surface area contributed by atoms with Gasteiger partial charge in [0.05, 0.1) is 30.8 Å². The molecule has 7 heteroatoms. The number of rotatable bonds is 6. The van der Waals surface area contributed by atoms with Crippen molar-refractivity contribution >= 4 is 11.6 Å². The number of likely N-dealkylation sites (N-methyl/N-ethyl adjacent to an activating group) is 1. The zero-order valence-corrected chi connectivity index (χ0v) is 17.0. The van der Waals surface area contributed by atoms with Gasteiger partial charge in [0, 0.05) is 37.1 Å². The Morgan fingerprint density at radius 2 is 2.10 bits per heavy atom. The molecule has 29 heavy (non-hydrogen) atoms. The van der Waals surface area contributed by atoms with Crippen molar-refractivity contribution in [2.24, 2.45) is 0 Å². The quantitative estimate of drug-likeness (QED) is 0.665. The SMILES string of the molecule is CN1CCO[C@@H]([C@@H](NCc2ccc(-n3ccnc3)c(F)c2)c2ccc(Cl)cc2)C1. The number of morpholine rings is 1. The van der Waals surface area contributed by atoms with Gasteiger partial charge in [-0.1, -0.05) is 29.8 Å². The molecule has 2 heterocycles. The van der Waals surface area contributed by atoms with E-state index >= 15 is 0 Å². The highest BCUT2D eigenvalue weighted by Gasteiger charge is 2.28. The van der Waals surface area contributed by atoms with Crippen molar-refractivity contribution < 1.29 is 9.13 Å². The fraction of sp³-hybridized carbons (Fsp3) is 0.318. The van der Waals surface area contributed by atoms with Gasteiger partial charge in [-0.3, -0.25) is 0 Å². The number of hydrogen-bond donors (Lipinski definition) is 1. The maximum Gasteiger partial charge on any atom is 0.147 e. The summed E-state index contributed by atoms with van der Waals surface area (Å²) in [5.74, 6) is -0.279. The summed E-state index contributed by atoms with van der Waals surface area (Å²) >= 11 is 6.06. The van der Waals surface area contributed by atoms with Gasteiger partial charge < -0.3 is 19.5 Å². The number of nitrogens with one attached hydrogen (secondary N) is 1. The van der Waals surface area contributed by atoms with Crippen LogP contribution in [0.4, 0.5) is 4.39 Å². The summed E-state index contributed by atoms with van der Waals surface area (Å²) in [6.07, 6.45) is 4.95. The van der Waals surface area contributed by atoms with Crippen LogP contribution in [0.3, 0.4) is 0 Å². The maximum atomic E-state index is 14.6. The lowest BCUT2D eigenvalue weighted by atomic mass is 9.99. The Morgan fingerprint density at radius 3 is 2.79 bits per heavy atom. The van der Waals surface area contributed by atoms with Crippen molar-refractivity contribution in [3.63, 3.8) is 0 Å². The maximum absolute atomic E-state index is 14.6. The number of imidazole rings is 1. The van der Waals surface area contributed by atoms with Gasteiger partial charge in [-0.2, -0.15) is 0 Å². The third-order valence-corrected chi connectivity index (χ3v) is 5.47. The molecule has 1 N–H and O–H groups in total. The molecule has 0 saturated carbocycles. The zero-order valence-electron chi connectivity index (χ0n) is 16.3. The fourth-order valence-corrected chi connectivity index (χ4v) is 3.77. The summed E-state index contributed by atoms with van der Waals surface area (Å²) in [6.45, 7) is 2.97. The molecular weight excluding hydrogens is 391 g/mol. The minimum atomic E-state index is -0.279. The topological polar surface area (TPSA) is 42.3 Å². The van der Waals surface area contributed by atoms with Gasteiger partial charge in [0.25, 0.3) is 0 Å². The van der Waals surface area contributed by atoms with E-state index in [1.165, 1.54) is 0 Å². The van der Waals surface area contributed by atoms with E-state index in [-0.39, 0.29) is 18.0 Å². The highest BCUT2D eigenvalue weighted by atomic mass is 35.5. The zero-order chi connectivity index (χ0) is 20.2. The molecule has 0 bridgehead atoms. The summed E-state index contributed by atoms with van der Waals surface area (Å²) < 4.78 is 22.3. The number of ether oxygens (including phenoxy) is 1. The van der Waals surface area contributed by atoms with E-state index in [9.17, 15) is 4.39 Å². The largest absolute Gasteiger partial charge is 0.374 e. The predicted octanol–water partition coefficient (Wildman–Crippen LogP) is 3.83. The normalized spacial score (nSPS) is 18.7. The summed E-state index contributed by atoms with van der Waals surface area (Å²) in [6, 6.07) is 13.0. The number of halogens is 2. The molecule has 1 saturated heterocycles. The molecule has 2 atom stereocenters. The first kappa shape index (κ1) is 20.0. The average molecular weight is 415 g/mol. The van der Waals surface area contributed by atoms with Gasteiger partial charge in [0.2, 0.25) is 0 Å². The van der Waals surface area contributed by atoms with E-state index in [0.29, 0.717) is 23.9 Å². The average Bonchev–Trinajstić information content (AvgIpc) is 3.24. The van der Waals surface area contributed by atoms with Crippen molar-refractivity contribution in [2.45, 2.75) is 18.7 Å². The standard InChI is InChI=1S/C22H24ClFN4O/c1-27-10-11-29-21(14-27)22(17-3-5-18(23)6-4-17)26-13-16-2-7-20(19(24)12-16)28-9-8-25-15-28/h2-9,12,15,21-22,26H,10-11,13-14H2,1H3/t21-,22+/m1/s1. The molecule has 0 unspecified atom stereocenters. The van der Waals surface area contributed by atoms with Crippen LogP contribution >= 0.6 is 11.6 Å². The fourth-order valence-electron chi connectivity index (χ4n) is 3.65. The summed E-state index contributed by atoms with van der Waals surface area (Å²) in [5, 5.41) is 4.26. The minimum absolute atomic E-state index is 0.00462. The van der Waals surface area contributed by atoms with Crippen molar-refractivity contribution in [3.05, 3.63) is 83.2 Å². The van der Waals surface area contributed by atoms with E-state index < -0.39 is 0 Å². The van der Waals surface area contributed by atoms with Crippen LogP contribution in [0, 0.1) is 5.82 Å². The van der Waals surface area contributed by atoms with Crippen LogP contribution in [0.15, 0.2) is 61.2 Å². The number of benzene rings is 2. The lowest BCUT2D eigenvalue weighted by Crippen LogP contribution is -2.46. The minimum Gasteiger partial charge on any atom is -0.374 e. The van der Waals surface area contributed by atoms with E-state index in [0.717, 1.165) is 24.2 Å². The molecule has 152 valence electrons.